The Morgan fingerprint density at radius 1 is 1.14 bits per heavy atom. The Hall–Kier alpha value is -1.88. The van der Waals surface area contributed by atoms with Gasteiger partial charge < -0.3 is 9.73 Å². The number of nitrogens with one attached hydrogen (secondary N) is 1. The van der Waals surface area contributed by atoms with Crippen molar-refractivity contribution in [2.75, 3.05) is 5.32 Å². The largest absolute Gasteiger partial charge is 0.459 e. The molecule has 1 N–H and O–H groups in total. The molecular formula is C16H12BrF2NO. The van der Waals surface area contributed by atoms with Crippen molar-refractivity contribution in [1.29, 1.82) is 0 Å². The van der Waals surface area contributed by atoms with Gasteiger partial charge in [0.2, 0.25) is 0 Å². The predicted molar refractivity (Wildman–Crippen MR) is 82.3 cm³/mol. The van der Waals surface area contributed by atoms with E-state index in [1.807, 2.05) is 37.3 Å². The summed E-state index contributed by atoms with van der Waals surface area (Å²) in [6.07, 6.45) is 0. The number of para-hydroxylation sites is 1. The van der Waals surface area contributed by atoms with E-state index in [0.29, 0.717) is 10.2 Å². The number of fused-ring (bicyclic) bond motifs is 1. The van der Waals surface area contributed by atoms with Crippen LogP contribution in [0.5, 0.6) is 0 Å². The molecule has 0 aliphatic heterocycles. The normalized spacial score (nSPS) is 12.6. The van der Waals surface area contributed by atoms with Crippen molar-refractivity contribution in [2.24, 2.45) is 0 Å². The van der Waals surface area contributed by atoms with Crippen LogP contribution in [0.2, 0.25) is 0 Å². The number of halogens is 3. The van der Waals surface area contributed by atoms with Crippen LogP contribution < -0.4 is 5.32 Å². The molecule has 0 radical (unpaired) electrons. The van der Waals surface area contributed by atoms with E-state index in [2.05, 4.69) is 21.2 Å². The van der Waals surface area contributed by atoms with Gasteiger partial charge in [-0.15, -0.1) is 0 Å². The molecule has 2 nitrogen and oxygen atoms in total. The number of furan rings is 1. The molecule has 3 rings (SSSR count). The van der Waals surface area contributed by atoms with Crippen LogP contribution in [0.15, 0.2) is 51.4 Å². The Morgan fingerprint density at radius 3 is 2.62 bits per heavy atom. The third-order valence-corrected chi connectivity index (χ3v) is 3.86. The van der Waals surface area contributed by atoms with Gasteiger partial charge in [-0.2, -0.15) is 0 Å². The van der Waals surface area contributed by atoms with Gasteiger partial charge in [0.1, 0.15) is 23.0 Å². The quantitative estimate of drug-likeness (QED) is 0.659. The van der Waals surface area contributed by atoms with Gasteiger partial charge in [-0.05, 0) is 41.1 Å². The highest BCUT2D eigenvalue weighted by molar-refractivity contribution is 9.10. The molecular weight excluding hydrogens is 340 g/mol. The summed E-state index contributed by atoms with van der Waals surface area (Å²) < 4.78 is 33.0. The average molecular weight is 352 g/mol. The minimum Gasteiger partial charge on any atom is -0.459 e. The second-order valence-corrected chi connectivity index (χ2v) is 5.65. The summed E-state index contributed by atoms with van der Waals surface area (Å²) in [5.74, 6) is -0.585. The van der Waals surface area contributed by atoms with Crippen molar-refractivity contribution < 1.29 is 13.2 Å². The van der Waals surface area contributed by atoms with E-state index in [1.165, 1.54) is 6.07 Å². The van der Waals surface area contributed by atoms with Gasteiger partial charge in [0.05, 0.1) is 11.7 Å². The predicted octanol–water partition coefficient (Wildman–Crippen LogP) is 5.65. The molecule has 3 aromatic rings. The van der Waals surface area contributed by atoms with Crippen molar-refractivity contribution in [3.8, 4) is 0 Å². The fourth-order valence-electron chi connectivity index (χ4n) is 2.18. The lowest BCUT2D eigenvalue weighted by Crippen LogP contribution is -2.08. The van der Waals surface area contributed by atoms with Gasteiger partial charge in [-0.25, -0.2) is 8.78 Å². The zero-order valence-electron chi connectivity index (χ0n) is 11.2. The Kier molecular flexibility index (Phi) is 3.68. The van der Waals surface area contributed by atoms with Gasteiger partial charge in [-0.3, -0.25) is 0 Å². The van der Waals surface area contributed by atoms with E-state index in [9.17, 15) is 8.78 Å². The van der Waals surface area contributed by atoms with Crippen molar-refractivity contribution in [1.82, 2.24) is 0 Å². The zero-order valence-corrected chi connectivity index (χ0v) is 12.7. The Bertz CT molecular complexity index is 744. The fraction of sp³-hybridized carbons (Fsp3) is 0.125. The molecule has 0 aliphatic carbocycles. The summed E-state index contributed by atoms with van der Waals surface area (Å²) in [6.45, 7) is 1.85. The van der Waals surface area contributed by atoms with E-state index in [1.54, 1.807) is 0 Å². The Labute approximate surface area is 128 Å². The van der Waals surface area contributed by atoms with Crippen LogP contribution in [0.1, 0.15) is 18.7 Å². The summed E-state index contributed by atoms with van der Waals surface area (Å²) >= 11 is 3.16. The van der Waals surface area contributed by atoms with Crippen LogP contribution in [0.4, 0.5) is 14.5 Å². The van der Waals surface area contributed by atoms with E-state index in [-0.39, 0.29) is 11.7 Å². The molecule has 0 saturated carbocycles. The first-order valence-corrected chi connectivity index (χ1v) is 7.23. The molecule has 21 heavy (non-hydrogen) atoms. The van der Waals surface area contributed by atoms with Gasteiger partial charge >= 0.3 is 0 Å². The number of rotatable bonds is 3. The topological polar surface area (TPSA) is 25.2 Å². The highest BCUT2D eigenvalue weighted by Gasteiger charge is 2.16. The fourth-order valence-corrected chi connectivity index (χ4v) is 2.71. The molecule has 1 unspecified atom stereocenters. The molecule has 0 amide bonds. The molecule has 108 valence electrons. The highest BCUT2D eigenvalue weighted by atomic mass is 79.9. The maximum absolute atomic E-state index is 13.8. The summed E-state index contributed by atoms with van der Waals surface area (Å²) in [6, 6.07) is 11.4. The van der Waals surface area contributed by atoms with Crippen molar-refractivity contribution >= 4 is 32.6 Å². The first-order chi connectivity index (χ1) is 10.0. The molecule has 1 aromatic heterocycles. The van der Waals surface area contributed by atoms with Gasteiger partial charge in [0.25, 0.3) is 0 Å². The third kappa shape index (κ3) is 2.78. The molecule has 0 saturated heterocycles. The van der Waals surface area contributed by atoms with Crippen molar-refractivity contribution in [2.45, 2.75) is 13.0 Å². The SMILES string of the molecule is CC(Nc1c(F)cc(F)cc1Br)c1cc2ccccc2o1. The summed E-state index contributed by atoms with van der Waals surface area (Å²) in [5.41, 5.74) is 0.990. The first-order valence-electron chi connectivity index (χ1n) is 6.44. The summed E-state index contributed by atoms with van der Waals surface area (Å²) in [7, 11) is 0. The summed E-state index contributed by atoms with van der Waals surface area (Å²) in [4.78, 5) is 0. The van der Waals surface area contributed by atoms with Gasteiger partial charge in [-0.1, -0.05) is 18.2 Å². The second kappa shape index (κ2) is 5.48. The molecule has 1 heterocycles. The van der Waals surface area contributed by atoms with Crippen LogP contribution in [-0.2, 0) is 0 Å². The maximum Gasteiger partial charge on any atom is 0.150 e. The van der Waals surface area contributed by atoms with Crippen LogP contribution in [0.25, 0.3) is 11.0 Å². The third-order valence-electron chi connectivity index (χ3n) is 3.24. The number of benzene rings is 2. The second-order valence-electron chi connectivity index (χ2n) is 4.80. The van der Waals surface area contributed by atoms with Gasteiger partial charge in [0, 0.05) is 15.9 Å². The number of anilines is 1. The lowest BCUT2D eigenvalue weighted by atomic mass is 10.2. The van der Waals surface area contributed by atoms with E-state index >= 15 is 0 Å². The molecule has 0 bridgehead atoms. The zero-order chi connectivity index (χ0) is 15.0. The van der Waals surface area contributed by atoms with E-state index in [4.69, 9.17) is 4.42 Å². The highest BCUT2D eigenvalue weighted by Crippen LogP contribution is 2.32. The monoisotopic (exact) mass is 351 g/mol. The minimum absolute atomic E-state index is 0.212. The lowest BCUT2D eigenvalue weighted by molar-refractivity contribution is 0.523. The first kappa shape index (κ1) is 14.1. The number of hydrogen-bond donors (Lipinski definition) is 1. The Morgan fingerprint density at radius 2 is 1.90 bits per heavy atom. The molecule has 0 fully saturated rings. The van der Waals surface area contributed by atoms with Crippen LogP contribution in [0, 0.1) is 11.6 Å². The molecule has 1 atom stereocenters. The molecule has 2 aromatic carbocycles. The lowest BCUT2D eigenvalue weighted by Gasteiger charge is -2.15. The molecule has 0 aliphatic rings. The van der Waals surface area contributed by atoms with Crippen LogP contribution in [-0.4, -0.2) is 0 Å². The van der Waals surface area contributed by atoms with Crippen LogP contribution >= 0.6 is 15.9 Å². The van der Waals surface area contributed by atoms with Crippen molar-refractivity contribution in [3.05, 3.63) is 64.3 Å². The van der Waals surface area contributed by atoms with E-state index in [0.717, 1.165) is 17.0 Å². The Balaban J connectivity index is 1.91. The standard InChI is InChI=1S/C16H12BrF2NO/c1-9(15-6-10-4-2-3-5-14(10)21-15)20-16-12(17)7-11(18)8-13(16)19/h2-9,20H,1H3. The molecule has 5 heteroatoms. The van der Waals surface area contributed by atoms with Crippen molar-refractivity contribution in [3.63, 3.8) is 0 Å². The smallest absolute Gasteiger partial charge is 0.150 e. The molecule has 0 spiro atoms. The number of hydrogen-bond acceptors (Lipinski definition) is 2. The van der Waals surface area contributed by atoms with E-state index < -0.39 is 11.6 Å². The maximum atomic E-state index is 13.8. The van der Waals surface area contributed by atoms with Gasteiger partial charge in [0.15, 0.2) is 0 Å². The minimum atomic E-state index is -0.648. The summed E-state index contributed by atoms with van der Waals surface area (Å²) in [5, 5.41) is 3.99. The van der Waals surface area contributed by atoms with Crippen LogP contribution in [0.3, 0.4) is 0 Å². The average Bonchev–Trinajstić information content (AvgIpc) is 2.86.